The van der Waals surface area contributed by atoms with Crippen LogP contribution in [0.15, 0.2) is 47.4 Å². The average molecular weight is 447 g/mol. The first kappa shape index (κ1) is 23.1. The van der Waals surface area contributed by atoms with E-state index in [4.69, 9.17) is 9.47 Å². The number of aryl methyl sites for hydroxylation is 1. The standard InChI is InChI=1S/C23H30N2O5S/c1-4-19(30-20-11-7-6-10-17(20)2)23(26)24-18-12-13-21(29-3)22(16-18)31(27,28)25-14-8-5-9-15-25/h6-7,10-13,16,19H,4-5,8-9,14-15H2,1-3H3,(H,24,26)/t19-/m0/s1. The molecule has 1 aliphatic heterocycles. The van der Waals surface area contributed by atoms with Gasteiger partial charge in [-0.3, -0.25) is 4.79 Å². The van der Waals surface area contributed by atoms with E-state index >= 15 is 0 Å². The molecule has 1 N–H and O–H groups in total. The molecule has 8 heteroatoms. The summed E-state index contributed by atoms with van der Waals surface area (Å²) in [6.45, 7) is 4.76. The lowest BCUT2D eigenvalue weighted by Crippen LogP contribution is -2.36. The van der Waals surface area contributed by atoms with Crippen molar-refractivity contribution in [3.63, 3.8) is 0 Å². The zero-order valence-electron chi connectivity index (χ0n) is 18.3. The molecule has 168 valence electrons. The van der Waals surface area contributed by atoms with Crippen molar-refractivity contribution in [1.29, 1.82) is 0 Å². The molecule has 2 aromatic carbocycles. The number of anilines is 1. The maximum Gasteiger partial charge on any atom is 0.265 e. The molecular weight excluding hydrogens is 416 g/mol. The van der Waals surface area contributed by atoms with E-state index in [9.17, 15) is 13.2 Å². The molecule has 1 amide bonds. The van der Waals surface area contributed by atoms with Crippen molar-refractivity contribution in [2.24, 2.45) is 0 Å². The molecule has 1 saturated heterocycles. The van der Waals surface area contributed by atoms with E-state index in [1.165, 1.54) is 17.5 Å². The molecule has 1 atom stereocenters. The third kappa shape index (κ3) is 5.37. The number of carbonyl (C=O) groups excluding carboxylic acids is 1. The number of rotatable bonds is 8. The van der Waals surface area contributed by atoms with Crippen molar-refractivity contribution < 1.29 is 22.7 Å². The number of amides is 1. The molecule has 0 aromatic heterocycles. The first-order valence-electron chi connectivity index (χ1n) is 10.6. The first-order chi connectivity index (χ1) is 14.9. The number of carbonyl (C=O) groups is 1. The Labute approximate surface area is 184 Å². The molecule has 1 heterocycles. The lowest BCUT2D eigenvalue weighted by molar-refractivity contribution is -0.122. The van der Waals surface area contributed by atoms with Gasteiger partial charge in [0.05, 0.1) is 7.11 Å². The maximum absolute atomic E-state index is 13.2. The second kappa shape index (κ2) is 10.2. The zero-order valence-corrected chi connectivity index (χ0v) is 19.1. The van der Waals surface area contributed by atoms with Gasteiger partial charge in [0.25, 0.3) is 5.91 Å². The van der Waals surface area contributed by atoms with Crippen LogP contribution in [0, 0.1) is 6.92 Å². The third-order valence-electron chi connectivity index (χ3n) is 5.39. The van der Waals surface area contributed by atoms with Crippen molar-refractivity contribution in [3.05, 3.63) is 48.0 Å². The molecule has 0 saturated carbocycles. The lowest BCUT2D eigenvalue weighted by atomic mass is 10.2. The fourth-order valence-corrected chi connectivity index (χ4v) is 5.29. The molecule has 0 aliphatic carbocycles. The molecule has 0 spiro atoms. The molecule has 1 fully saturated rings. The average Bonchev–Trinajstić information content (AvgIpc) is 2.79. The largest absolute Gasteiger partial charge is 0.495 e. The van der Waals surface area contributed by atoms with Gasteiger partial charge in [0.2, 0.25) is 10.0 Å². The summed E-state index contributed by atoms with van der Waals surface area (Å²) in [6, 6.07) is 12.2. The van der Waals surface area contributed by atoms with Gasteiger partial charge < -0.3 is 14.8 Å². The SMILES string of the molecule is CC[C@H](Oc1ccccc1C)C(=O)Nc1ccc(OC)c(S(=O)(=O)N2CCCCC2)c1. The van der Waals surface area contributed by atoms with Crippen molar-refractivity contribution in [2.45, 2.75) is 50.5 Å². The summed E-state index contributed by atoms with van der Waals surface area (Å²) >= 11 is 0. The van der Waals surface area contributed by atoms with Gasteiger partial charge in [0, 0.05) is 18.8 Å². The molecular formula is C23H30N2O5S. The summed E-state index contributed by atoms with van der Waals surface area (Å²) < 4.78 is 39.0. The first-order valence-corrected chi connectivity index (χ1v) is 12.0. The molecule has 0 unspecified atom stereocenters. The van der Waals surface area contributed by atoms with Crippen LogP contribution in [0.5, 0.6) is 11.5 Å². The van der Waals surface area contributed by atoms with Crippen LogP contribution in [0.4, 0.5) is 5.69 Å². The van der Waals surface area contributed by atoms with Crippen LogP contribution in [0.1, 0.15) is 38.2 Å². The summed E-state index contributed by atoms with van der Waals surface area (Å²) in [5, 5.41) is 2.80. The second-order valence-corrected chi connectivity index (χ2v) is 9.51. The van der Waals surface area contributed by atoms with Crippen molar-refractivity contribution in [1.82, 2.24) is 4.31 Å². The van der Waals surface area contributed by atoms with Crippen molar-refractivity contribution >= 4 is 21.6 Å². The van der Waals surface area contributed by atoms with Crippen LogP contribution in [-0.4, -0.2) is 44.9 Å². The number of sulfonamides is 1. The Morgan fingerprint density at radius 2 is 1.81 bits per heavy atom. The fraction of sp³-hybridized carbons (Fsp3) is 0.435. The molecule has 2 aromatic rings. The number of hydrogen-bond acceptors (Lipinski definition) is 5. The molecule has 1 aliphatic rings. The van der Waals surface area contributed by atoms with E-state index in [1.807, 2.05) is 38.1 Å². The summed E-state index contributed by atoms with van der Waals surface area (Å²) in [4.78, 5) is 12.9. The van der Waals surface area contributed by atoms with Gasteiger partial charge in [-0.15, -0.1) is 0 Å². The van der Waals surface area contributed by atoms with Crippen LogP contribution in [0.2, 0.25) is 0 Å². The Bertz CT molecular complexity index is 1020. The molecule has 7 nitrogen and oxygen atoms in total. The Kier molecular flexibility index (Phi) is 7.56. The Hall–Kier alpha value is -2.58. The minimum atomic E-state index is -3.72. The number of nitrogens with one attached hydrogen (secondary N) is 1. The van der Waals surface area contributed by atoms with Gasteiger partial charge in [0.1, 0.15) is 16.4 Å². The van der Waals surface area contributed by atoms with E-state index in [0.29, 0.717) is 30.9 Å². The topological polar surface area (TPSA) is 84.9 Å². The minimum absolute atomic E-state index is 0.0579. The Balaban J connectivity index is 1.82. The number of para-hydroxylation sites is 1. The van der Waals surface area contributed by atoms with Crippen LogP contribution in [-0.2, 0) is 14.8 Å². The van der Waals surface area contributed by atoms with Gasteiger partial charge in [-0.05, 0) is 56.0 Å². The van der Waals surface area contributed by atoms with Crippen LogP contribution in [0.25, 0.3) is 0 Å². The maximum atomic E-state index is 13.2. The summed E-state index contributed by atoms with van der Waals surface area (Å²) in [6.07, 6.45) is 2.47. The number of piperidine rings is 1. The smallest absolute Gasteiger partial charge is 0.265 e. The highest BCUT2D eigenvalue weighted by Gasteiger charge is 2.29. The van der Waals surface area contributed by atoms with Gasteiger partial charge in [-0.2, -0.15) is 4.31 Å². The fourth-order valence-electron chi connectivity index (χ4n) is 3.59. The van der Waals surface area contributed by atoms with E-state index in [0.717, 1.165) is 24.8 Å². The quantitative estimate of drug-likeness (QED) is 0.663. The highest BCUT2D eigenvalue weighted by Crippen LogP contribution is 2.31. The number of nitrogens with zero attached hydrogens (tertiary/aromatic N) is 1. The van der Waals surface area contributed by atoms with E-state index in [-0.39, 0.29) is 16.6 Å². The van der Waals surface area contributed by atoms with Gasteiger partial charge in [-0.25, -0.2) is 8.42 Å². The van der Waals surface area contributed by atoms with Crippen LogP contribution < -0.4 is 14.8 Å². The highest BCUT2D eigenvalue weighted by atomic mass is 32.2. The Morgan fingerprint density at radius 1 is 1.10 bits per heavy atom. The predicted molar refractivity (Wildman–Crippen MR) is 120 cm³/mol. The Morgan fingerprint density at radius 3 is 2.45 bits per heavy atom. The zero-order chi connectivity index (χ0) is 22.4. The summed E-state index contributed by atoms with van der Waals surface area (Å²) in [7, 11) is -2.28. The number of methoxy groups -OCH3 is 1. The van der Waals surface area contributed by atoms with E-state index in [2.05, 4.69) is 5.32 Å². The van der Waals surface area contributed by atoms with Gasteiger partial charge >= 0.3 is 0 Å². The molecule has 31 heavy (non-hydrogen) atoms. The summed E-state index contributed by atoms with van der Waals surface area (Å²) in [5.74, 6) is 0.566. The minimum Gasteiger partial charge on any atom is -0.495 e. The van der Waals surface area contributed by atoms with Crippen LogP contribution in [0.3, 0.4) is 0 Å². The number of benzene rings is 2. The third-order valence-corrected chi connectivity index (χ3v) is 7.31. The normalized spacial score (nSPS) is 15.8. The molecule has 0 radical (unpaired) electrons. The molecule has 3 rings (SSSR count). The highest BCUT2D eigenvalue weighted by molar-refractivity contribution is 7.89. The van der Waals surface area contributed by atoms with E-state index in [1.54, 1.807) is 12.1 Å². The number of ether oxygens (including phenoxy) is 2. The van der Waals surface area contributed by atoms with Crippen LogP contribution >= 0.6 is 0 Å². The molecule has 0 bridgehead atoms. The number of hydrogen-bond donors (Lipinski definition) is 1. The van der Waals surface area contributed by atoms with Gasteiger partial charge in [-0.1, -0.05) is 31.5 Å². The van der Waals surface area contributed by atoms with Gasteiger partial charge in [0.15, 0.2) is 6.10 Å². The van der Waals surface area contributed by atoms with Crippen molar-refractivity contribution in [3.8, 4) is 11.5 Å². The van der Waals surface area contributed by atoms with Crippen molar-refractivity contribution in [2.75, 3.05) is 25.5 Å². The lowest BCUT2D eigenvalue weighted by Gasteiger charge is -2.26. The second-order valence-electron chi connectivity index (χ2n) is 7.60. The van der Waals surface area contributed by atoms with E-state index < -0.39 is 16.1 Å². The monoisotopic (exact) mass is 446 g/mol. The predicted octanol–water partition coefficient (Wildman–Crippen LogP) is 3.97. The summed E-state index contributed by atoms with van der Waals surface area (Å²) in [5.41, 5.74) is 1.32.